The first-order chi connectivity index (χ1) is 9.31. The van der Waals surface area contributed by atoms with Gasteiger partial charge < -0.3 is 9.68 Å². The molecule has 0 aromatic carbocycles. The summed E-state index contributed by atoms with van der Waals surface area (Å²) in [5.74, 6) is 0.965. The lowest BCUT2D eigenvalue weighted by molar-refractivity contribution is -0.276. The van der Waals surface area contributed by atoms with Gasteiger partial charge in [-0.1, -0.05) is 0 Å². The zero-order chi connectivity index (χ0) is 14.9. The standard InChI is InChI=1S/C11H9F3N4O2/c1-6-7(2)20-18(19-6)17-10-4-3-8(11(12,13)14)9(5-15)16-10/h3-4H,1-2H3,(H,16,17). The molecule has 106 valence electrons. The summed E-state index contributed by atoms with van der Waals surface area (Å²) < 4.78 is 37.8. The monoisotopic (exact) mass is 286 g/mol. The van der Waals surface area contributed by atoms with Crippen molar-refractivity contribution in [2.45, 2.75) is 20.0 Å². The number of hydrazine groups is 1. The molecule has 0 radical (unpaired) electrons. The number of nitrogens with one attached hydrogen (secondary N) is 1. The minimum absolute atomic E-state index is 0.0166. The van der Waals surface area contributed by atoms with Crippen molar-refractivity contribution in [1.29, 1.82) is 5.26 Å². The topological polar surface area (TPSA) is 70.4 Å². The zero-order valence-corrected chi connectivity index (χ0v) is 10.4. The molecular weight excluding hydrogens is 277 g/mol. The minimum atomic E-state index is -4.63. The van der Waals surface area contributed by atoms with Crippen LogP contribution < -0.4 is 5.43 Å². The van der Waals surface area contributed by atoms with Crippen LogP contribution in [0.2, 0.25) is 0 Å². The van der Waals surface area contributed by atoms with Crippen LogP contribution in [0.15, 0.2) is 23.7 Å². The molecule has 0 fully saturated rings. The van der Waals surface area contributed by atoms with Crippen molar-refractivity contribution in [2.24, 2.45) is 0 Å². The van der Waals surface area contributed by atoms with Crippen LogP contribution in [-0.2, 0) is 15.9 Å². The predicted molar refractivity (Wildman–Crippen MR) is 60.0 cm³/mol. The number of allylic oxidation sites excluding steroid dienone is 2. The molecule has 1 aromatic heterocycles. The van der Waals surface area contributed by atoms with E-state index in [1.165, 1.54) is 6.07 Å². The summed E-state index contributed by atoms with van der Waals surface area (Å²) in [4.78, 5) is 13.7. The fourth-order valence-electron chi connectivity index (χ4n) is 1.37. The van der Waals surface area contributed by atoms with Crippen molar-refractivity contribution in [1.82, 2.24) is 10.3 Å². The highest BCUT2D eigenvalue weighted by Crippen LogP contribution is 2.32. The minimum Gasteiger partial charge on any atom is -0.355 e. The molecule has 0 amide bonds. The van der Waals surface area contributed by atoms with Crippen molar-refractivity contribution in [3.8, 4) is 6.07 Å². The van der Waals surface area contributed by atoms with Crippen LogP contribution in [0.5, 0.6) is 0 Å². The summed E-state index contributed by atoms with van der Waals surface area (Å²) in [6.45, 7) is 3.30. The number of anilines is 1. The Labute approximate surface area is 111 Å². The average Bonchev–Trinajstić information content (AvgIpc) is 2.66. The van der Waals surface area contributed by atoms with Gasteiger partial charge in [0.2, 0.25) is 0 Å². The molecule has 1 aliphatic rings. The fraction of sp³-hybridized carbons (Fsp3) is 0.273. The normalized spacial score (nSPS) is 15.6. The second kappa shape index (κ2) is 4.90. The van der Waals surface area contributed by atoms with Gasteiger partial charge in [0, 0.05) is 0 Å². The first-order valence-corrected chi connectivity index (χ1v) is 5.40. The summed E-state index contributed by atoms with van der Waals surface area (Å²) in [5, 5.41) is 9.56. The molecule has 6 nitrogen and oxygen atoms in total. The first kappa shape index (κ1) is 14.0. The molecule has 0 unspecified atom stereocenters. The maximum Gasteiger partial charge on any atom is 0.419 e. The molecule has 0 bridgehead atoms. The summed E-state index contributed by atoms with van der Waals surface area (Å²) in [5.41, 5.74) is 0.642. The molecule has 2 rings (SSSR count). The summed E-state index contributed by atoms with van der Waals surface area (Å²) in [6, 6.07) is 3.23. The van der Waals surface area contributed by atoms with Crippen molar-refractivity contribution in [3.63, 3.8) is 0 Å². The van der Waals surface area contributed by atoms with E-state index in [2.05, 4.69) is 10.4 Å². The molecule has 1 N–H and O–H groups in total. The molecule has 0 atom stereocenters. The molecule has 1 aliphatic heterocycles. The van der Waals surface area contributed by atoms with Crippen molar-refractivity contribution < 1.29 is 22.8 Å². The van der Waals surface area contributed by atoms with Crippen molar-refractivity contribution in [3.05, 3.63) is 34.9 Å². The Balaban J connectivity index is 2.18. The van der Waals surface area contributed by atoms with Gasteiger partial charge in [-0.15, -0.1) is 0 Å². The largest absolute Gasteiger partial charge is 0.419 e. The number of alkyl halides is 3. The van der Waals surface area contributed by atoms with Gasteiger partial charge in [0.25, 0.3) is 0 Å². The lowest BCUT2D eigenvalue weighted by atomic mass is 10.2. The van der Waals surface area contributed by atoms with E-state index in [1.54, 1.807) is 13.8 Å². The smallest absolute Gasteiger partial charge is 0.355 e. The van der Waals surface area contributed by atoms with Crippen LogP contribution in [0.3, 0.4) is 0 Å². The van der Waals surface area contributed by atoms with Crippen LogP contribution in [0.4, 0.5) is 19.0 Å². The number of pyridine rings is 1. The predicted octanol–water partition coefficient (Wildman–Crippen LogP) is 2.73. The Morgan fingerprint density at radius 1 is 1.25 bits per heavy atom. The summed E-state index contributed by atoms with van der Waals surface area (Å²) in [6.07, 6.45) is -4.63. The number of hydrogen-bond donors (Lipinski definition) is 1. The molecule has 0 saturated carbocycles. The molecule has 0 aliphatic carbocycles. The summed E-state index contributed by atoms with van der Waals surface area (Å²) >= 11 is 0. The Bertz CT molecular complexity index is 593. The highest BCUT2D eigenvalue weighted by Gasteiger charge is 2.34. The molecule has 1 aromatic rings. The number of aromatic nitrogens is 1. The number of halogens is 3. The Morgan fingerprint density at radius 2 is 1.85 bits per heavy atom. The lowest BCUT2D eigenvalue weighted by Gasteiger charge is -2.15. The van der Waals surface area contributed by atoms with Gasteiger partial charge in [0.1, 0.15) is 17.2 Å². The zero-order valence-electron chi connectivity index (χ0n) is 10.4. The van der Waals surface area contributed by atoms with Gasteiger partial charge in [-0.25, -0.2) is 10.4 Å². The second-order valence-electron chi connectivity index (χ2n) is 3.87. The highest BCUT2D eigenvalue weighted by atomic mass is 19.4. The maximum absolute atomic E-state index is 12.6. The van der Waals surface area contributed by atoms with Gasteiger partial charge in [0.05, 0.1) is 5.56 Å². The van der Waals surface area contributed by atoms with Crippen LogP contribution >= 0.6 is 0 Å². The SMILES string of the molecule is CC1=C(C)ON(Nc2ccc(C(F)(F)F)c(C#N)n2)O1. The quantitative estimate of drug-likeness (QED) is 0.901. The van der Waals surface area contributed by atoms with Crippen LogP contribution in [0, 0.1) is 11.3 Å². The number of rotatable bonds is 2. The van der Waals surface area contributed by atoms with E-state index in [0.29, 0.717) is 11.5 Å². The van der Waals surface area contributed by atoms with E-state index in [1.807, 2.05) is 0 Å². The van der Waals surface area contributed by atoms with E-state index in [0.717, 1.165) is 17.5 Å². The summed E-state index contributed by atoms with van der Waals surface area (Å²) in [7, 11) is 0. The van der Waals surface area contributed by atoms with Crippen molar-refractivity contribution >= 4 is 5.82 Å². The van der Waals surface area contributed by atoms with Crippen molar-refractivity contribution in [2.75, 3.05) is 5.43 Å². The molecule has 0 saturated heterocycles. The molecule has 20 heavy (non-hydrogen) atoms. The van der Waals surface area contributed by atoms with Gasteiger partial charge in [-0.3, -0.25) is 0 Å². The van der Waals surface area contributed by atoms with Gasteiger partial charge in [-0.2, -0.15) is 18.4 Å². The fourth-order valence-corrected chi connectivity index (χ4v) is 1.37. The second-order valence-corrected chi connectivity index (χ2v) is 3.87. The maximum atomic E-state index is 12.6. The van der Waals surface area contributed by atoms with E-state index in [-0.39, 0.29) is 5.82 Å². The highest BCUT2D eigenvalue weighted by molar-refractivity contribution is 5.43. The van der Waals surface area contributed by atoms with Gasteiger partial charge in [-0.05, 0) is 26.0 Å². The Hall–Kier alpha value is -2.47. The number of hydrogen-bond acceptors (Lipinski definition) is 6. The Morgan fingerprint density at radius 3 is 2.35 bits per heavy atom. The van der Waals surface area contributed by atoms with Crippen LogP contribution in [0.25, 0.3) is 0 Å². The van der Waals surface area contributed by atoms with E-state index in [4.69, 9.17) is 14.9 Å². The lowest BCUT2D eigenvalue weighted by Crippen LogP contribution is -2.25. The van der Waals surface area contributed by atoms with E-state index in [9.17, 15) is 13.2 Å². The third kappa shape index (κ3) is 2.75. The van der Waals surface area contributed by atoms with Crippen LogP contribution in [-0.4, -0.2) is 10.3 Å². The molecule has 9 heteroatoms. The Kier molecular flexibility index (Phi) is 3.42. The third-order valence-electron chi connectivity index (χ3n) is 2.45. The van der Waals surface area contributed by atoms with E-state index >= 15 is 0 Å². The number of nitriles is 1. The van der Waals surface area contributed by atoms with Gasteiger partial charge >= 0.3 is 6.18 Å². The molecular formula is C11H9F3N4O2. The van der Waals surface area contributed by atoms with Crippen LogP contribution in [0.1, 0.15) is 25.1 Å². The number of nitrogens with zero attached hydrogens (tertiary/aromatic N) is 3. The van der Waals surface area contributed by atoms with Gasteiger partial charge in [0.15, 0.2) is 17.2 Å². The average molecular weight is 286 g/mol. The molecule has 0 spiro atoms. The first-order valence-electron chi connectivity index (χ1n) is 5.40. The van der Waals surface area contributed by atoms with E-state index < -0.39 is 17.4 Å². The molecule has 2 heterocycles. The third-order valence-corrected chi connectivity index (χ3v) is 2.45.